The van der Waals surface area contributed by atoms with Gasteiger partial charge in [0.1, 0.15) is 0 Å². The number of hydrogen-bond donors (Lipinski definition) is 2. The van der Waals surface area contributed by atoms with Crippen LogP contribution in [0.1, 0.15) is 38.8 Å². The highest BCUT2D eigenvalue weighted by Crippen LogP contribution is 2.22. The Labute approximate surface area is 169 Å². The molecular weight excluding hydrogens is 366 g/mol. The molecule has 0 atom stereocenters. The largest absolute Gasteiger partial charge is 0.462 e. The van der Waals surface area contributed by atoms with E-state index in [2.05, 4.69) is 21.7 Å². The number of carbonyl (C=O) groups excluding carboxylic acids is 2. The number of anilines is 3. The average Bonchev–Trinajstić information content (AvgIpc) is 2.71. The average molecular weight is 389 g/mol. The molecule has 0 bridgehead atoms. The molecule has 6 heteroatoms. The normalized spacial score (nSPS) is 10.3. The summed E-state index contributed by atoms with van der Waals surface area (Å²) in [4.78, 5) is 28.5. The van der Waals surface area contributed by atoms with Crippen LogP contribution in [0.25, 0.3) is 0 Å². The number of nitrogens with one attached hydrogen (secondary N) is 2. The zero-order valence-corrected chi connectivity index (χ0v) is 16.7. The Morgan fingerprint density at radius 1 is 0.931 bits per heavy atom. The highest BCUT2D eigenvalue weighted by atomic mass is 16.5. The molecule has 1 aromatic heterocycles. The van der Waals surface area contributed by atoms with Gasteiger partial charge in [-0.05, 0) is 68.3 Å². The van der Waals surface area contributed by atoms with Crippen molar-refractivity contribution in [1.82, 2.24) is 4.98 Å². The molecule has 1 heterocycles. The van der Waals surface area contributed by atoms with Crippen molar-refractivity contribution in [2.24, 2.45) is 0 Å². The number of pyridine rings is 1. The van der Waals surface area contributed by atoms with Crippen LogP contribution in [0.5, 0.6) is 0 Å². The summed E-state index contributed by atoms with van der Waals surface area (Å²) in [6.45, 7) is 6.12. The molecule has 0 radical (unpaired) electrons. The Bertz CT molecular complexity index is 1030. The molecule has 2 N–H and O–H groups in total. The van der Waals surface area contributed by atoms with Gasteiger partial charge in [-0.15, -0.1) is 0 Å². The first kappa shape index (κ1) is 20.1. The van der Waals surface area contributed by atoms with Crippen LogP contribution >= 0.6 is 0 Å². The maximum atomic E-state index is 12.6. The Balaban J connectivity index is 1.71. The predicted octanol–water partition coefficient (Wildman–Crippen LogP) is 4.87. The van der Waals surface area contributed by atoms with Crippen LogP contribution in [0, 0.1) is 13.8 Å². The Kier molecular flexibility index (Phi) is 6.24. The first-order valence-electron chi connectivity index (χ1n) is 9.34. The smallest absolute Gasteiger partial charge is 0.338 e. The van der Waals surface area contributed by atoms with Gasteiger partial charge in [-0.3, -0.25) is 9.78 Å². The van der Waals surface area contributed by atoms with Crippen LogP contribution in [0.4, 0.5) is 17.1 Å². The molecule has 6 nitrogen and oxygen atoms in total. The van der Waals surface area contributed by atoms with E-state index < -0.39 is 0 Å². The first-order chi connectivity index (χ1) is 14.0. The molecule has 0 unspecified atom stereocenters. The monoisotopic (exact) mass is 389 g/mol. The maximum Gasteiger partial charge on any atom is 0.338 e. The summed E-state index contributed by atoms with van der Waals surface area (Å²) in [6, 6.07) is 14.4. The van der Waals surface area contributed by atoms with Gasteiger partial charge < -0.3 is 15.4 Å². The number of ether oxygens (including phenoxy) is 1. The van der Waals surface area contributed by atoms with Gasteiger partial charge >= 0.3 is 5.97 Å². The fourth-order valence-electron chi connectivity index (χ4n) is 2.77. The maximum absolute atomic E-state index is 12.6. The SMILES string of the molecule is CCOC(=O)c1ccc(NC(=O)c2cncc(Nc3cc(C)ccc3C)c2)cc1. The van der Waals surface area contributed by atoms with E-state index in [0.29, 0.717) is 23.4 Å². The quantitative estimate of drug-likeness (QED) is 0.588. The number of aryl methyl sites for hydroxylation is 2. The minimum atomic E-state index is -0.389. The van der Waals surface area contributed by atoms with Crippen LogP contribution in [-0.2, 0) is 4.74 Å². The molecule has 0 saturated heterocycles. The highest BCUT2D eigenvalue weighted by Gasteiger charge is 2.10. The van der Waals surface area contributed by atoms with Gasteiger partial charge in [0.15, 0.2) is 0 Å². The molecule has 29 heavy (non-hydrogen) atoms. The molecule has 3 aromatic rings. The number of esters is 1. The molecular formula is C23H23N3O3. The summed E-state index contributed by atoms with van der Waals surface area (Å²) in [5.74, 6) is -0.675. The molecule has 0 saturated carbocycles. The number of nitrogens with zero attached hydrogens (tertiary/aromatic N) is 1. The lowest BCUT2D eigenvalue weighted by molar-refractivity contribution is 0.0526. The van der Waals surface area contributed by atoms with Gasteiger partial charge in [0, 0.05) is 17.6 Å². The topological polar surface area (TPSA) is 80.3 Å². The summed E-state index contributed by atoms with van der Waals surface area (Å²) < 4.78 is 4.95. The second kappa shape index (κ2) is 9.01. The van der Waals surface area contributed by atoms with E-state index in [1.807, 2.05) is 26.0 Å². The number of hydrogen-bond acceptors (Lipinski definition) is 5. The highest BCUT2D eigenvalue weighted by molar-refractivity contribution is 6.04. The summed E-state index contributed by atoms with van der Waals surface area (Å²) in [5.41, 5.74) is 5.39. The van der Waals surface area contributed by atoms with Crippen molar-refractivity contribution in [3.8, 4) is 0 Å². The molecule has 148 valence electrons. The van der Waals surface area contributed by atoms with E-state index >= 15 is 0 Å². The van der Waals surface area contributed by atoms with Crippen LogP contribution in [0.15, 0.2) is 60.9 Å². The molecule has 0 aliphatic heterocycles. The fraction of sp³-hybridized carbons (Fsp3) is 0.174. The van der Waals surface area contributed by atoms with E-state index in [1.54, 1.807) is 43.5 Å². The van der Waals surface area contributed by atoms with Gasteiger partial charge in [-0.25, -0.2) is 4.79 Å². The van der Waals surface area contributed by atoms with Crippen LogP contribution in [-0.4, -0.2) is 23.5 Å². The van der Waals surface area contributed by atoms with Crippen molar-refractivity contribution >= 4 is 28.9 Å². The van der Waals surface area contributed by atoms with Crippen molar-refractivity contribution in [3.63, 3.8) is 0 Å². The number of rotatable bonds is 6. The van der Waals surface area contributed by atoms with E-state index in [-0.39, 0.29) is 11.9 Å². The lowest BCUT2D eigenvalue weighted by Crippen LogP contribution is -2.13. The van der Waals surface area contributed by atoms with Crippen LogP contribution in [0.3, 0.4) is 0 Å². The minimum Gasteiger partial charge on any atom is -0.462 e. The summed E-state index contributed by atoms with van der Waals surface area (Å²) in [6.07, 6.45) is 3.18. The summed E-state index contributed by atoms with van der Waals surface area (Å²) in [5, 5.41) is 6.12. The van der Waals surface area contributed by atoms with Crippen LogP contribution in [0.2, 0.25) is 0 Å². The predicted molar refractivity (Wildman–Crippen MR) is 114 cm³/mol. The van der Waals surface area contributed by atoms with E-state index in [4.69, 9.17) is 4.74 Å². The van der Waals surface area contributed by atoms with E-state index in [1.165, 1.54) is 6.20 Å². The number of carbonyl (C=O) groups is 2. The molecule has 3 rings (SSSR count). The molecule has 2 aromatic carbocycles. The molecule has 0 fully saturated rings. The lowest BCUT2D eigenvalue weighted by Gasteiger charge is -2.11. The van der Waals surface area contributed by atoms with Crippen molar-refractivity contribution in [2.45, 2.75) is 20.8 Å². The third-order valence-corrected chi connectivity index (χ3v) is 4.33. The third kappa shape index (κ3) is 5.19. The first-order valence-corrected chi connectivity index (χ1v) is 9.34. The zero-order valence-electron chi connectivity index (χ0n) is 16.7. The van der Waals surface area contributed by atoms with E-state index in [9.17, 15) is 9.59 Å². The van der Waals surface area contributed by atoms with Gasteiger partial charge in [-0.2, -0.15) is 0 Å². The lowest BCUT2D eigenvalue weighted by atomic mass is 10.1. The Morgan fingerprint density at radius 2 is 1.69 bits per heavy atom. The van der Waals surface area contributed by atoms with Gasteiger partial charge in [-0.1, -0.05) is 12.1 Å². The second-order valence-electron chi connectivity index (χ2n) is 6.66. The Hall–Kier alpha value is -3.67. The van der Waals surface area contributed by atoms with Gasteiger partial charge in [0.25, 0.3) is 5.91 Å². The van der Waals surface area contributed by atoms with Crippen molar-refractivity contribution < 1.29 is 14.3 Å². The number of benzene rings is 2. The third-order valence-electron chi connectivity index (χ3n) is 4.33. The Morgan fingerprint density at radius 3 is 2.41 bits per heavy atom. The van der Waals surface area contributed by atoms with Gasteiger partial charge in [0.05, 0.1) is 29.6 Å². The van der Waals surface area contributed by atoms with Crippen molar-refractivity contribution in [3.05, 3.63) is 83.2 Å². The van der Waals surface area contributed by atoms with Crippen molar-refractivity contribution in [2.75, 3.05) is 17.2 Å². The molecule has 1 amide bonds. The summed E-state index contributed by atoms with van der Waals surface area (Å²) >= 11 is 0. The fourth-order valence-corrected chi connectivity index (χ4v) is 2.77. The van der Waals surface area contributed by atoms with Crippen molar-refractivity contribution in [1.29, 1.82) is 0 Å². The molecule has 0 aliphatic carbocycles. The van der Waals surface area contributed by atoms with Crippen LogP contribution < -0.4 is 10.6 Å². The van der Waals surface area contributed by atoms with E-state index in [0.717, 1.165) is 22.5 Å². The summed E-state index contributed by atoms with van der Waals surface area (Å²) in [7, 11) is 0. The number of amides is 1. The zero-order chi connectivity index (χ0) is 20.8. The standard InChI is InChI=1S/C23H23N3O3/c1-4-29-23(28)17-7-9-19(10-8-17)26-22(27)18-12-20(14-24-13-18)25-21-11-15(2)5-6-16(21)3/h5-14,25H,4H2,1-3H3,(H,26,27). The van der Waals surface area contributed by atoms with Gasteiger partial charge in [0.2, 0.25) is 0 Å². The second-order valence-corrected chi connectivity index (χ2v) is 6.66. The molecule has 0 spiro atoms. The molecule has 0 aliphatic rings. The number of aromatic nitrogens is 1. The minimum absolute atomic E-state index is 0.286.